The molecule has 0 bridgehead atoms. The van der Waals surface area contributed by atoms with E-state index < -0.39 is 12.3 Å². The molecule has 2 amide bonds. The molecule has 0 aliphatic carbocycles. The van der Waals surface area contributed by atoms with Crippen molar-refractivity contribution in [1.29, 1.82) is 0 Å². The van der Waals surface area contributed by atoms with Gasteiger partial charge >= 0.3 is 12.0 Å². The smallest absolute Gasteiger partial charge is 0.347 e. The SMILES string of the molecule is O=C1CC(NC(=O)N2NC=CS2)C(OCc2ccccc2)O1. The van der Waals surface area contributed by atoms with E-state index in [1.165, 1.54) is 16.4 Å². The monoisotopic (exact) mass is 321 g/mol. The number of hydrogen-bond donors (Lipinski definition) is 2. The molecule has 3 rings (SSSR count). The zero-order valence-corrected chi connectivity index (χ0v) is 12.4. The van der Waals surface area contributed by atoms with Crippen LogP contribution in [0.2, 0.25) is 0 Å². The van der Waals surface area contributed by atoms with Crippen molar-refractivity contribution in [3.05, 3.63) is 47.5 Å². The van der Waals surface area contributed by atoms with Crippen LogP contribution >= 0.6 is 11.9 Å². The summed E-state index contributed by atoms with van der Waals surface area (Å²) in [5.74, 6) is -0.386. The molecule has 1 aromatic rings. The number of rotatable bonds is 4. The van der Waals surface area contributed by atoms with Gasteiger partial charge in [-0.15, -0.1) is 0 Å². The van der Waals surface area contributed by atoms with Gasteiger partial charge in [-0.05, 0) is 5.56 Å². The van der Waals surface area contributed by atoms with Gasteiger partial charge < -0.3 is 14.8 Å². The van der Waals surface area contributed by atoms with Crippen molar-refractivity contribution in [3.63, 3.8) is 0 Å². The van der Waals surface area contributed by atoms with Crippen molar-refractivity contribution in [2.24, 2.45) is 0 Å². The first-order valence-electron chi connectivity index (χ1n) is 6.76. The lowest BCUT2D eigenvalue weighted by atomic mass is 10.2. The van der Waals surface area contributed by atoms with Gasteiger partial charge in [-0.25, -0.2) is 4.79 Å². The molecule has 0 spiro atoms. The Hall–Kier alpha value is -2.19. The molecule has 116 valence electrons. The Morgan fingerprint density at radius 1 is 1.45 bits per heavy atom. The molecule has 0 aromatic heterocycles. The lowest BCUT2D eigenvalue weighted by Crippen LogP contribution is -2.48. The van der Waals surface area contributed by atoms with Crippen LogP contribution in [0.25, 0.3) is 0 Å². The summed E-state index contributed by atoms with van der Waals surface area (Å²) in [6, 6.07) is 8.70. The van der Waals surface area contributed by atoms with E-state index in [0.29, 0.717) is 6.61 Å². The molecular formula is C14H15N3O4S. The fourth-order valence-corrected chi connectivity index (χ4v) is 2.61. The Bertz CT molecular complexity index is 573. The van der Waals surface area contributed by atoms with Gasteiger partial charge in [0, 0.05) is 23.6 Å². The third-order valence-electron chi connectivity index (χ3n) is 3.14. The Morgan fingerprint density at radius 2 is 2.27 bits per heavy atom. The number of nitrogens with zero attached hydrogens (tertiary/aromatic N) is 1. The van der Waals surface area contributed by atoms with Crippen molar-refractivity contribution >= 4 is 23.9 Å². The zero-order chi connectivity index (χ0) is 15.4. The zero-order valence-electron chi connectivity index (χ0n) is 11.6. The highest BCUT2D eigenvalue weighted by atomic mass is 32.2. The van der Waals surface area contributed by atoms with Crippen LogP contribution in [-0.4, -0.2) is 28.7 Å². The molecule has 22 heavy (non-hydrogen) atoms. The largest absolute Gasteiger partial charge is 0.433 e. The summed E-state index contributed by atoms with van der Waals surface area (Å²) in [7, 11) is 0. The van der Waals surface area contributed by atoms with Gasteiger partial charge in [-0.1, -0.05) is 30.3 Å². The molecule has 1 aromatic carbocycles. The van der Waals surface area contributed by atoms with Crippen molar-refractivity contribution in [2.75, 3.05) is 0 Å². The minimum Gasteiger partial charge on any atom is -0.433 e. The lowest BCUT2D eigenvalue weighted by Gasteiger charge is -2.22. The molecule has 1 fully saturated rings. The minimum atomic E-state index is -0.780. The van der Waals surface area contributed by atoms with Gasteiger partial charge in [0.15, 0.2) is 0 Å². The van der Waals surface area contributed by atoms with E-state index in [9.17, 15) is 9.59 Å². The molecule has 0 radical (unpaired) electrons. The van der Waals surface area contributed by atoms with Crippen LogP contribution in [0.1, 0.15) is 12.0 Å². The van der Waals surface area contributed by atoms with E-state index in [1.807, 2.05) is 30.3 Å². The number of hydrazine groups is 1. The molecule has 2 unspecified atom stereocenters. The predicted octanol–water partition coefficient (Wildman–Crippen LogP) is 1.49. The second-order valence-electron chi connectivity index (χ2n) is 4.75. The van der Waals surface area contributed by atoms with Crippen LogP contribution in [0.5, 0.6) is 0 Å². The molecule has 0 saturated carbocycles. The van der Waals surface area contributed by atoms with Gasteiger partial charge in [-0.2, -0.15) is 4.41 Å². The molecule has 1 saturated heterocycles. The summed E-state index contributed by atoms with van der Waals surface area (Å²) in [5, 5.41) is 4.47. The van der Waals surface area contributed by atoms with Crippen LogP contribution in [0.15, 0.2) is 41.9 Å². The molecule has 2 aliphatic heterocycles. The second-order valence-corrected chi connectivity index (χ2v) is 5.59. The number of hydrogen-bond acceptors (Lipinski definition) is 6. The van der Waals surface area contributed by atoms with Gasteiger partial charge in [0.1, 0.15) is 6.04 Å². The van der Waals surface area contributed by atoms with Crippen LogP contribution in [0, 0.1) is 0 Å². The summed E-state index contributed by atoms with van der Waals surface area (Å²) in [6.07, 6.45) is 0.957. The standard InChI is InChI=1S/C14H15N3O4S/c18-12-8-11(16-14(19)17-15-6-7-22-17)13(21-12)20-9-10-4-2-1-3-5-10/h1-7,11,13,15H,8-9H2,(H,16,19). The lowest BCUT2D eigenvalue weighted by molar-refractivity contribution is -0.166. The average Bonchev–Trinajstić information content (AvgIpc) is 3.16. The fourth-order valence-electron chi connectivity index (χ4n) is 2.10. The van der Waals surface area contributed by atoms with Crippen LogP contribution in [0.3, 0.4) is 0 Å². The predicted molar refractivity (Wildman–Crippen MR) is 79.8 cm³/mol. The van der Waals surface area contributed by atoms with Gasteiger partial charge in [-0.3, -0.25) is 10.2 Å². The Labute approximate surface area is 131 Å². The van der Waals surface area contributed by atoms with Crippen molar-refractivity contribution in [2.45, 2.75) is 25.4 Å². The highest BCUT2D eigenvalue weighted by molar-refractivity contribution is 8.00. The third-order valence-corrected chi connectivity index (χ3v) is 3.88. The molecule has 7 nitrogen and oxygen atoms in total. The Kier molecular flexibility index (Phi) is 4.50. The topological polar surface area (TPSA) is 79.9 Å². The Balaban J connectivity index is 1.55. The number of ether oxygens (including phenoxy) is 2. The summed E-state index contributed by atoms with van der Waals surface area (Å²) >= 11 is 1.21. The van der Waals surface area contributed by atoms with E-state index in [4.69, 9.17) is 9.47 Å². The van der Waals surface area contributed by atoms with Crippen molar-refractivity contribution in [1.82, 2.24) is 15.2 Å². The van der Waals surface area contributed by atoms with E-state index in [-0.39, 0.29) is 18.4 Å². The number of carbonyl (C=O) groups excluding carboxylic acids is 2. The second kappa shape index (κ2) is 6.71. The summed E-state index contributed by atoms with van der Waals surface area (Å²) in [4.78, 5) is 23.5. The van der Waals surface area contributed by atoms with Crippen LogP contribution in [-0.2, 0) is 20.9 Å². The van der Waals surface area contributed by atoms with Gasteiger partial charge in [0.05, 0.1) is 13.0 Å². The van der Waals surface area contributed by atoms with Crippen LogP contribution in [0.4, 0.5) is 4.79 Å². The number of carbonyl (C=O) groups is 2. The number of benzene rings is 1. The summed E-state index contributed by atoms with van der Waals surface area (Å²) in [5.41, 5.74) is 3.72. The highest BCUT2D eigenvalue weighted by Gasteiger charge is 2.37. The maximum atomic E-state index is 12.0. The molecule has 2 N–H and O–H groups in total. The third kappa shape index (κ3) is 3.52. The fraction of sp³-hybridized carbons (Fsp3) is 0.286. The van der Waals surface area contributed by atoms with Gasteiger partial charge in [0.2, 0.25) is 6.29 Å². The first-order chi connectivity index (χ1) is 10.7. The van der Waals surface area contributed by atoms with E-state index >= 15 is 0 Å². The maximum Gasteiger partial charge on any atom is 0.347 e. The number of nitrogens with one attached hydrogen (secondary N) is 2. The first-order valence-corrected chi connectivity index (χ1v) is 7.59. The molecule has 2 heterocycles. The molecular weight excluding hydrogens is 306 g/mol. The number of cyclic esters (lactones) is 1. The number of urea groups is 1. The summed E-state index contributed by atoms with van der Waals surface area (Å²) < 4.78 is 12.1. The first kappa shape index (κ1) is 14.7. The molecule has 2 atom stereocenters. The quantitative estimate of drug-likeness (QED) is 0.646. The van der Waals surface area contributed by atoms with E-state index in [0.717, 1.165) is 5.56 Å². The maximum absolute atomic E-state index is 12.0. The van der Waals surface area contributed by atoms with Crippen LogP contribution < -0.4 is 10.7 Å². The number of esters is 1. The minimum absolute atomic E-state index is 0.0944. The van der Waals surface area contributed by atoms with E-state index in [1.54, 1.807) is 11.6 Å². The highest BCUT2D eigenvalue weighted by Crippen LogP contribution is 2.20. The summed E-state index contributed by atoms with van der Waals surface area (Å²) in [6.45, 7) is 0.309. The molecule has 8 heteroatoms. The van der Waals surface area contributed by atoms with Crippen molar-refractivity contribution in [3.8, 4) is 0 Å². The normalized spacial score (nSPS) is 23.3. The van der Waals surface area contributed by atoms with Crippen molar-refractivity contribution < 1.29 is 19.1 Å². The molecule has 2 aliphatic rings. The average molecular weight is 321 g/mol. The Morgan fingerprint density at radius 3 is 3.00 bits per heavy atom. The van der Waals surface area contributed by atoms with E-state index in [2.05, 4.69) is 10.7 Å². The number of amides is 2. The van der Waals surface area contributed by atoms with Gasteiger partial charge in [0.25, 0.3) is 0 Å².